The molecule has 7 nitrogen and oxygen atoms in total. The van der Waals surface area contributed by atoms with Crippen molar-refractivity contribution in [1.29, 1.82) is 0 Å². The Hall–Kier alpha value is -2.26. The number of aromatic nitrogens is 3. The Morgan fingerprint density at radius 3 is 2.56 bits per heavy atom. The number of sulfonamides is 1. The fourth-order valence-corrected chi connectivity index (χ4v) is 5.28. The number of hydrogen-bond acceptors (Lipinski definition) is 6. The Morgan fingerprint density at radius 1 is 1.22 bits per heavy atom. The van der Waals surface area contributed by atoms with Gasteiger partial charge in [0.1, 0.15) is 10.6 Å². The van der Waals surface area contributed by atoms with Crippen LogP contribution in [-0.4, -0.2) is 29.4 Å². The lowest BCUT2D eigenvalue weighted by atomic mass is 10.2. The van der Waals surface area contributed by atoms with E-state index in [9.17, 15) is 8.42 Å². The zero-order valence-electron chi connectivity index (χ0n) is 15.9. The van der Waals surface area contributed by atoms with Crippen LogP contribution < -0.4 is 4.72 Å². The molecule has 0 spiro atoms. The second-order valence-corrected chi connectivity index (χ2v) is 8.57. The molecule has 2 heterocycles. The zero-order chi connectivity index (χ0) is 19.8. The highest BCUT2D eigenvalue weighted by Crippen LogP contribution is 2.34. The van der Waals surface area contributed by atoms with E-state index >= 15 is 0 Å². The van der Waals surface area contributed by atoms with E-state index in [4.69, 9.17) is 4.42 Å². The summed E-state index contributed by atoms with van der Waals surface area (Å²) in [6.07, 6.45) is 2.53. The van der Waals surface area contributed by atoms with Crippen molar-refractivity contribution in [1.82, 2.24) is 14.8 Å². The number of nitrogens with zero attached hydrogens (tertiary/aromatic N) is 3. The Kier molecular flexibility index (Phi) is 5.34. The van der Waals surface area contributed by atoms with Gasteiger partial charge >= 0.3 is 0 Å². The second kappa shape index (κ2) is 7.40. The van der Waals surface area contributed by atoms with Gasteiger partial charge in [0, 0.05) is 29.6 Å². The van der Waals surface area contributed by atoms with Crippen LogP contribution in [-0.2, 0) is 23.5 Å². The smallest absolute Gasteiger partial charge is 0.264 e. The Labute approximate surface area is 163 Å². The molecule has 0 amide bonds. The lowest BCUT2D eigenvalue weighted by Crippen LogP contribution is -2.15. The molecule has 1 N–H and O–H groups in total. The summed E-state index contributed by atoms with van der Waals surface area (Å²) in [6.45, 7) is 5.44. The SMILES string of the molecule is CCc1nnc(-c2c(C)c(S(=O)(=O)Nc3ccccc3SC)c(C)n2C)o1. The minimum Gasteiger partial charge on any atom is -0.419 e. The van der Waals surface area contributed by atoms with Gasteiger partial charge in [0.25, 0.3) is 15.9 Å². The first kappa shape index (κ1) is 19.5. The minimum atomic E-state index is -3.79. The van der Waals surface area contributed by atoms with Crippen molar-refractivity contribution in [2.24, 2.45) is 7.05 Å². The molecule has 3 rings (SSSR count). The number of thioether (sulfide) groups is 1. The third kappa shape index (κ3) is 3.49. The highest BCUT2D eigenvalue weighted by Gasteiger charge is 2.29. The van der Waals surface area contributed by atoms with Crippen LogP contribution in [0.2, 0.25) is 0 Å². The Balaban J connectivity index is 2.10. The van der Waals surface area contributed by atoms with Crippen LogP contribution in [0, 0.1) is 13.8 Å². The molecule has 0 radical (unpaired) electrons. The van der Waals surface area contributed by atoms with Crippen LogP contribution in [0.15, 0.2) is 38.5 Å². The molecular formula is C18H22N4O3S2. The predicted molar refractivity (Wildman–Crippen MR) is 107 cm³/mol. The summed E-state index contributed by atoms with van der Waals surface area (Å²) < 4.78 is 36.5. The molecule has 0 saturated carbocycles. The van der Waals surface area contributed by atoms with Crippen molar-refractivity contribution < 1.29 is 12.8 Å². The van der Waals surface area contributed by atoms with Gasteiger partial charge in [-0.1, -0.05) is 19.1 Å². The van der Waals surface area contributed by atoms with E-state index in [1.165, 1.54) is 11.8 Å². The molecule has 0 fully saturated rings. The maximum Gasteiger partial charge on any atom is 0.264 e. The number of anilines is 1. The van der Waals surface area contributed by atoms with Crippen LogP contribution in [0.5, 0.6) is 0 Å². The van der Waals surface area contributed by atoms with E-state index in [0.717, 1.165) is 4.90 Å². The topological polar surface area (TPSA) is 90.0 Å². The summed E-state index contributed by atoms with van der Waals surface area (Å²) in [5.41, 5.74) is 2.35. The van der Waals surface area contributed by atoms with E-state index in [0.29, 0.717) is 40.8 Å². The van der Waals surface area contributed by atoms with E-state index in [1.807, 2.05) is 25.3 Å². The van der Waals surface area contributed by atoms with Crippen molar-refractivity contribution in [3.8, 4) is 11.6 Å². The minimum absolute atomic E-state index is 0.229. The van der Waals surface area contributed by atoms with Crippen LogP contribution in [0.3, 0.4) is 0 Å². The molecular weight excluding hydrogens is 384 g/mol. The monoisotopic (exact) mass is 406 g/mol. The summed E-state index contributed by atoms with van der Waals surface area (Å²) in [7, 11) is -2.00. The van der Waals surface area contributed by atoms with E-state index < -0.39 is 10.0 Å². The van der Waals surface area contributed by atoms with Gasteiger partial charge in [0.15, 0.2) is 0 Å². The molecule has 0 aliphatic carbocycles. The van der Waals surface area contributed by atoms with Gasteiger partial charge < -0.3 is 8.98 Å². The van der Waals surface area contributed by atoms with Crippen LogP contribution in [0.4, 0.5) is 5.69 Å². The fraction of sp³-hybridized carbons (Fsp3) is 0.333. The van der Waals surface area contributed by atoms with Gasteiger partial charge in [0.2, 0.25) is 5.89 Å². The van der Waals surface area contributed by atoms with Crippen molar-refractivity contribution in [3.05, 3.63) is 41.4 Å². The van der Waals surface area contributed by atoms with Gasteiger partial charge in [-0.05, 0) is 32.2 Å². The van der Waals surface area contributed by atoms with Gasteiger partial charge in [0.05, 0.1) is 5.69 Å². The van der Waals surface area contributed by atoms with E-state index in [2.05, 4.69) is 14.9 Å². The molecule has 0 bridgehead atoms. The third-order valence-corrected chi connectivity index (χ3v) is 6.88. The lowest BCUT2D eigenvalue weighted by Gasteiger charge is -2.12. The normalized spacial score (nSPS) is 11.7. The number of rotatable bonds is 6. The predicted octanol–water partition coefficient (Wildman–Crippen LogP) is 3.78. The largest absolute Gasteiger partial charge is 0.419 e. The number of hydrogen-bond donors (Lipinski definition) is 1. The fourth-order valence-electron chi connectivity index (χ4n) is 3.07. The number of nitrogens with one attached hydrogen (secondary N) is 1. The number of benzene rings is 1. The van der Waals surface area contributed by atoms with Crippen molar-refractivity contribution in [2.75, 3.05) is 11.0 Å². The maximum absolute atomic E-state index is 13.2. The summed E-state index contributed by atoms with van der Waals surface area (Å²) in [5, 5.41) is 8.06. The van der Waals surface area contributed by atoms with Crippen LogP contribution in [0.1, 0.15) is 24.1 Å². The molecule has 1 aromatic carbocycles. The first-order valence-electron chi connectivity index (χ1n) is 8.44. The quantitative estimate of drug-likeness (QED) is 0.627. The average molecular weight is 407 g/mol. The molecule has 0 saturated heterocycles. The summed E-state index contributed by atoms with van der Waals surface area (Å²) in [6, 6.07) is 7.31. The van der Waals surface area contributed by atoms with E-state index in [-0.39, 0.29) is 4.90 Å². The molecule has 3 aromatic rings. The van der Waals surface area contributed by atoms with Crippen LogP contribution in [0.25, 0.3) is 11.6 Å². The number of para-hydroxylation sites is 1. The molecule has 0 unspecified atom stereocenters. The zero-order valence-corrected chi connectivity index (χ0v) is 17.5. The molecule has 0 aliphatic rings. The van der Waals surface area contributed by atoms with Gasteiger partial charge in [-0.3, -0.25) is 4.72 Å². The molecule has 144 valence electrons. The maximum atomic E-state index is 13.2. The first-order chi connectivity index (χ1) is 12.8. The average Bonchev–Trinajstić information content (AvgIpc) is 3.18. The van der Waals surface area contributed by atoms with Gasteiger partial charge in [-0.2, -0.15) is 0 Å². The molecule has 0 aliphatic heterocycles. The number of aryl methyl sites for hydroxylation is 1. The summed E-state index contributed by atoms with van der Waals surface area (Å²) >= 11 is 1.48. The van der Waals surface area contributed by atoms with Crippen molar-refractivity contribution >= 4 is 27.5 Å². The third-order valence-electron chi connectivity index (χ3n) is 4.45. The summed E-state index contributed by atoms with van der Waals surface area (Å²) in [5.74, 6) is 0.834. The lowest BCUT2D eigenvalue weighted by molar-refractivity contribution is 0.508. The van der Waals surface area contributed by atoms with Crippen molar-refractivity contribution in [2.45, 2.75) is 37.0 Å². The highest BCUT2D eigenvalue weighted by atomic mass is 32.2. The highest BCUT2D eigenvalue weighted by molar-refractivity contribution is 7.99. The Morgan fingerprint density at radius 2 is 1.93 bits per heavy atom. The van der Waals surface area contributed by atoms with Crippen molar-refractivity contribution in [3.63, 3.8) is 0 Å². The van der Waals surface area contributed by atoms with Gasteiger partial charge in [-0.25, -0.2) is 8.42 Å². The molecule has 27 heavy (non-hydrogen) atoms. The van der Waals surface area contributed by atoms with E-state index in [1.54, 1.807) is 37.6 Å². The van der Waals surface area contributed by atoms with Gasteiger partial charge in [-0.15, -0.1) is 22.0 Å². The molecule has 2 aromatic heterocycles. The standard InChI is InChI=1S/C18H22N4O3S2/c1-6-15-19-20-18(25-15)16-11(2)17(12(3)22(16)4)27(23,24)21-13-9-7-8-10-14(13)26-5/h7-10,21H,6H2,1-5H3. The summed E-state index contributed by atoms with van der Waals surface area (Å²) in [4.78, 5) is 1.09. The first-order valence-corrected chi connectivity index (χ1v) is 11.1. The molecule has 9 heteroatoms. The van der Waals surface area contributed by atoms with Crippen LogP contribution >= 0.6 is 11.8 Å². The Bertz CT molecular complexity index is 1080. The second-order valence-electron chi connectivity index (χ2n) is 6.11. The molecule has 0 atom stereocenters.